The molecule has 2 aromatic carbocycles. The molecule has 5 nitrogen and oxygen atoms in total. The highest BCUT2D eigenvalue weighted by atomic mass is 35.5. The van der Waals surface area contributed by atoms with E-state index in [0.29, 0.717) is 27.1 Å². The van der Waals surface area contributed by atoms with E-state index in [0.717, 1.165) is 11.4 Å². The maximum Gasteiger partial charge on any atom is 0.255 e. The maximum absolute atomic E-state index is 12.5. The van der Waals surface area contributed by atoms with Crippen molar-refractivity contribution in [2.24, 2.45) is 0 Å². The second-order valence-electron chi connectivity index (χ2n) is 5.36. The van der Waals surface area contributed by atoms with Crippen molar-refractivity contribution in [3.63, 3.8) is 0 Å². The maximum atomic E-state index is 12.5. The molecule has 0 aliphatic heterocycles. The summed E-state index contributed by atoms with van der Waals surface area (Å²) in [7, 11) is 1.61. The Morgan fingerprint density at radius 1 is 1.04 bits per heavy atom. The van der Waals surface area contributed by atoms with E-state index in [1.165, 1.54) is 0 Å². The molecule has 0 saturated heterocycles. The second kappa shape index (κ2) is 8.08. The Kier molecular flexibility index (Phi) is 5.61. The minimum absolute atomic E-state index is 0.311. The summed E-state index contributed by atoms with van der Waals surface area (Å²) in [5.74, 6) is 0.990. The van der Waals surface area contributed by atoms with Gasteiger partial charge >= 0.3 is 0 Å². The van der Waals surface area contributed by atoms with E-state index in [-0.39, 0.29) is 5.91 Å². The minimum atomic E-state index is -0.311. The standard InChI is InChI=1S/C19H15Cl2N3O2/c1-26-15-5-3-14(4-6-15)23-18-10-12(8-9-22-18)19(25)24-17-11-13(20)2-7-16(17)21/h2-11H,1H3,(H,22,23)(H,24,25). The lowest BCUT2D eigenvalue weighted by molar-refractivity contribution is 0.102. The molecule has 0 aliphatic carbocycles. The van der Waals surface area contributed by atoms with Crippen molar-refractivity contribution in [2.75, 3.05) is 17.7 Å². The van der Waals surface area contributed by atoms with E-state index in [9.17, 15) is 4.79 Å². The molecule has 26 heavy (non-hydrogen) atoms. The number of anilines is 3. The average Bonchev–Trinajstić information content (AvgIpc) is 2.65. The molecule has 7 heteroatoms. The number of ether oxygens (including phenoxy) is 1. The Morgan fingerprint density at radius 2 is 1.81 bits per heavy atom. The van der Waals surface area contributed by atoms with Crippen LogP contribution in [0.15, 0.2) is 60.8 Å². The summed E-state index contributed by atoms with van der Waals surface area (Å²) in [6, 6.07) is 15.5. The third-order valence-electron chi connectivity index (χ3n) is 3.56. The molecule has 0 saturated carbocycles. The molecule has 0 radical (unpaired) electrons. The summed E-state index contributed by atoms with van der Waals surface area (Å²) in [6.45, 7) is 0. The summed E-state index contributed by atoms with van der Waals surface area (Å²) >= 11 is 12.0. The van der Waals surface area contributed by atoms with Gasteiger partial charge in [0.25, 0.3) is 5.91 Å². The molecule has 3 rings (SSSR count). The van der Waals surface area contributed by atoms with Gasteiger partial charge in [-0.1, -0.05) is 23.2 Å². The number of benzene rings is 2. The van der Waals surface area contributed by atoms with E-state index in [1.807, 2.05) is 24.3 Å². The molecule has 0 bridgehead atoms. The highest BCUT2D eigenvalue weighted by Gasteiger charge is 2.10. The van der Waals surface area contributed by atoms with Gasteiger partial charge in [-0.2, -0.15) is 0 Å². The van der Waals surface area contributed by atoms with Crippen LogP contribution in [0.5, 0.6) is 5.75 Å². The van der Waals surface area contributed by atoms with E-state index >= 15 is 0 Å². The fourth-order valence-electron chi connectivity index (χ4n) is 2.25. The van der Waals surface area contributed by atoms with Crippen molar-refractivity contribution < 1.29 is 9.53 Å². The average molecular weight is 388 g/mol. The topological polar surface area (TPSA) is 63.2 Å². The lowest BCUT2D eigenvalue weighted by atomic mass is 10.2. The first-order valence-electron chi connectivity index (χ1n) is 7.69. The molecular weight excluding hydrogens is 373 g/mol. The smallest absolute Gasteiger partial charge is 0.255 e. The number of amides is 1. The number of carbonyl (C=O) groups excluding carboxylic acids is 1. The molecule has 0 spiro atoms. The fourth-order valence-corrected chi connectivity index (χ4v) is 2.59. The third-order valence-corrected chi connectivity index (χ3v) is 4.13. The van der Waals surface area contributed by atoms with Crippen LogP contribution in [-0.2, 0) is 0 Å². The predicted molar refractivity (Wildman–Crippen MR) is 105 cm³/mol. The van der Waals surface area contributed by atoms with Crippen molar-refractivity contribution in [1.82, 2.24) is 4.98 Å². The van der Waals surface area contributed by atoms with Crippen LogP contribution in [-0.4, -0.2) is 18.0 Å². The Morgan fingerprint density at radius 3 is 2.54 bits per heavy atom. The largest absolute Gasteiger partial charge is 0.497 e. The molecule has 0 fully saturated rings. The van der Waals surface area contributed by atoms with Crippen LogP contribution in [0.3, 0.4) is 0 Å². The van der Waals surface area contributed by atoms with Crippen LogP contribution in [0.1, 0.15) is 10.4 Å². The molecule has 1 amide bonds. The Bertz CT molecular complexity index is 930. The van der Waals surface area contributed by atoms with Crippen LogP contribution in [0.4, 0.5) is 17.2 Å². The number of halogens is 2. The van der Waals surface area contributed by atoms with E-state index < -0.39 is 0 Å². The van der Waals surface area contributed by atoms with Gasteiger partial charge in [-0.3, -0.25) is 4.79 Å². The van der Waals surface area contributed by atoms with Crippen LogP contribution >= 0.6 is 23.2 Å². The van der Waals surface area contributed by atoms with Gasteiger partial charge < -0.3 is 15.4 Å². The molecule has 1 heterocycles. The zero-order valence-electron chi connectivity index (χ0n) is 13.8. The summed E-state index contributed by atoms with van der Waals surface area (Å²) in [5, 5.41) is 6.78. The Labute approximate surface area is 160 Å². The van der Waals surface area contributed by atoms with Crippen molar-refractivity contribution in [2.45, 2.75) is 0 Å². The normalized spacial score (nSPS) is 10.3. The van der Waals surface area contributed by atoms with Gasteiger partial charge in [-0.05, 0) is 54.6 Å². The molecule has 0 unspecified atom stereocenters. The molecule has 0 atom stereocenters. The lowest BCUT2D eigenvalue weighted by Crippen LogP contribution is -2.12. The molecule has 3 aromatic rings. The van der Waals surface area contributed by atoms with Crippen molar-refractivity contribution in [3.05, 3.63) is 76.4 Å². The number of methoxy groups -OCH3 is 1. The van der Waals surface area contributed by atoms with Gasteiger partial charge in [-0.25, -0.2) is 4.98 Å². The van der Waals surface area contributed by atoms with Gasteiger partial charge in [0, 0.05) is 22.5 Å². The van der Waals surface area contributed by atoms with E-state index in [4.69, 9.17) is 27.9 Å². The number of hydrogen-bond donors (Lipinski definition) is 2. The van der Waals surface area contributed by atoms with E-state index in [1.54, 1.807) is 43.6 Å². The molecule has 1 aromatic heterocycles. The zero-order valence-corrected chi connectivity index (χ0v) is 15.3. The summed E-state index contributed by atoms with van der Waals surface area (Å²) < 4.78 is 5.13. The fraction of sp³-hybridized carbons (Fsp3) is 0.0526. The molecule has 0 aliphatic rings. The van der Waals surface area contributed by atoms with Gasteiger partial charge in [0.05, 0.1) is 17.8 Å². The minimum Gasteiger partial charge on any atom is -0.497 e. The summed E-state index contributed by atoms with van der Waals surface area (Å²) in [5.41, 5.74) is 1.71. The van der Waals surface area contributed by atoms with E-state index in [2.05, 4.69) is 15.6 Å². The number of hydrogen-bond acceptors (Lipinski definition) is 4. The molecule has 2 N–H and O–H groups in total. The highest BCUT2D eigenvalue weighted by molar-refractivity contribution is 6.35. The quantitative estimate of drug-likeness (QED) is 0.615. The van der Waals surface area contributed by atoms with Gasteiger partial charge in [0.2, 0.25) is 0 Å². The van der Waals surface area contributed by atoms with Crippen LogP contribution < -0.4 is 15.4 Å². The number of carbonyl (C=O) groups is 1. The Hall–Kier alpha value is -2.76. The number of pyridine rings is 1. The first kappa shape index (κ1) is 18.0. The lowest BCUT2D eigenvalue weighted by Gasteiger charge is -2.10. The Balaban J connectivity index is 1.75. The van der Waals surface area contributed by atoms with Gasteiger partial charge in [-0.15, -0.1) is 0 Å². The van der Waals surface area contributed by atoms with Crippen LogP contribution in [0, 0.1) is 0 Å². The number of nitrogens with one attached hydrogen (secondary N) is 2. The first-order valence-corrected chi connectivity index (χ1v) is 8.44. The number of aromatic nitrogens is 1. The van der Waals surface area contributed by atoms with Crippen molar-refractivity contribution in [3.8, 4) is 5.75 Å². The van der Waals surface area contributed by atoms with Crippen molar-refractivity contribution >= 4 is 46.3 Å². The zero-order chi connectivity index (χ0) is 18.5. The third kappa shape index (κ3) is 4.45. The SMILES string of the molecule is COc1ccc(Nc2cc(C(=O)Nc3cc(Cl)ccc3Cl)ccn2)cc1. The van der Waals surface area contributed by atoms with Crippen LogP contribution in [0.25, 0.3) is 0 Å². The summed E-state index contributed by atoms with van der Waals surface area (Å²) in [4.78, 5) is 16.7. The molecule has 132 valence electrons. The van der Waals surface area contributed by atoms with Crippen molar-refractivity contribution in [1.29, 1.82) is 0 Å². The monoisotopic (exact) mass is 387 g/mol. The van der Waals surface area contributed by atoms with Gasteiger partial charge in [0.15, 0.2) is 0 Å². The van der Waals surface area contributed by atoms with Gasteiger partial charge in [0.1, 0.15) is 11.6 Å². The summed E-state index contributed by atoms with van der Waals surface area (Å²) in [6.07, 6.45) is 1.56. The van der Waals surface area contributed by atoms with Crippen LogP contribution in [0.2, 0.25) is 10.0 Å². The highest BCUT2D eigenvalue weighted by Crippen LogP contribution is 2.26. The number of nitrogens with zero attached hydrogens (tertiary/aromatic N) is 1. The number of rotatable bonds is 5. The second-order valence-corrected chi connectivity index (χ2v) is 6.21. The molecular formula is C19H15Cl2N3O2. The predicted octanol–water partition coefficient (Wildman–Crippen LogP) is 5.39. The first-order chi connectivity index (χ1) is 12.5.